The Bertz CT molecular complexity index is 1150. The van der Waals surface area contributed by atoms with E-state index in [1.54, 1.807) is 18.2 Å². The van der Waals surface area contributed by atoms with Crippen molar-refractivity contribution in [2.75, 3.05) is 5.32 Å². The van der Waals surface area contributed by atoms with E-state index in [2.05, 4.69) is 66.4 Å². The van der Waals surface area contributed by atoms with Crippen molar-refractivity contribution in [3.05, 3.63) is 89.0 Å². The fraction of sp³-hybridized carbons (Fsp3) is 0.0435. The highest BCUT2D eigenvalue weighted by molar-refractivity contribution is 14.1. The van der Waals surface area contributed by atoms with Crippen molar-refractivity contribution in [1.82, 2.24) is 0 Å². The van der Waals surface area contributed by atoms with Gasteiger partial charge in [0.05, 0.1) is 7.14 Å². The number of nitrogens with zero attached hydrogens (tertiary/aromatic N) is 1. The summed E-state index contributed by atoms with van der Waals surface area (Å²) in [5.41, 5.74) is 2.24. The van der Waals surface area contributed by atoms with Gasteiger partial charge in [-0.15, -0.1) is 0 Å². The molecule has 1 amide bonds. The maximum atomic E-state index is 12.5. The quantitative estimate of drug-likeness (QED) is 0.133. The number of nitriles is 1. The van der Waals surface area contributed by atoms with Crippen LogP contribution < -0.4 is 10.1 Å². The summed E-state index contributed by atoms with van der Waals surface area (Å²) in [5, 5.41) is 21.4. The third-order valence-corrected chi connectivity index (χ3v) is 6.25. The number of rotatable bonds is 6. The maximum absolute atomic E-state index is 12.5. The molecule has 0 saturated carbocycles. The summed E-state index contributed by atoms with van der Waals surface area (Å²) in [7, 11) is 0. The molecular formula is C23H15BrI2N2O3. The first-order valence-corrected chi connectivity index (χ1v) is 11.9. The molecule has 0 saturated heterocycles. The average Bonchev–Trinajstić information content (AvgIpc) is 2.74. The molecule has 3 rings (SSSR count). The van der Waals surface area contributed by atoms with Crippen LogP contribution in [0.1, 0.15) is 11.1 Å². The molecule has 156 valence electrons. The van der Waals surface area contributed by atoms with Crippen molar-refractivity contribution in [1.29, 1.82) is 5.26 Å². The number of amides is 1. The first-order chi connectivity index (χ1) is 14.9. The van der Waals surface area contributed by atoms with E-state index in [-0.39, 0.29) is 11.3 Å². The lowest BCUT2D eigenvalue weighted by molar-refractivity contribution is -0.112. The van der Waals surface area contributed by atoms with Crippen LogP contribution in [0.4, 0.5) is 5.69 Å². The van der Waals surface area contributed by atoms with Crippen molar-refractivity contribution < 1.29 is 14.6 Å². The van der Waals surface area contributed by atoms with Gasteiger partial charge in [-0.3, -0.25) is 4.79 Å². The molecular weight excluding hydrogens is 686 g/mol. The van der Waals surface area contributed by atoms with E-state index in [4.69, 9.17) is 4.74 Å². The van der Waals surface area contributed by atoms with Gasteiger partial charge in [-0.1, -0.05) is 28.1 Å². The molecule has 0 radical (unpaired) electrons. The second kappa shape index (κ2) is 11.0. The number of carbonyl (C=O) groups excluding carboxylic acids is 1. The summed E-state index contributed by atoms with van der Waals surface area (Å²) in [5.74, 6) is 0.336. The van der Waals surface area contributed by atoms with Crippen LogP contribution in [0.3, 0.4) is 0 Å². The molecule has 5 nitrogen and oxygen atoms in total. The summed E-state index contributed by atoms with van der Waals surface area (Å²) in [4.78, 5) is 12.5. The second-order valence-electron chi connectivity index (χ2n) is 6.40. The highest BCUT2D eigenvalue weighted by atomic mass is 127. The van der Waals surface area contributed by atoms with Crippen molar-refractivity contribution in [3.63, 3.8) is 0 Å². The number of nitrogens with one attached hydrogen (secondary N) is 1. The molecule has 0 bridgehead atoms. The molecule has 0 heterocycles. The third-order valence-electron chi connectivity index (χ3n) is 4.12. The van der Waals surface area contributed by atoms with Gasteiger partial charge in [-0.25, -0.2) is 0 Å². The molecule has 3 aromatic rings. The summed E-state index contributed by atoms with van der Waals surface area (Å²) >= 11 is 7.79. The van der Waals surface area contributed by atoms with E-state index in [1.165, 1.54) is 12.1 Å². The van der Waals surface area contributed by atoms with Crippen LogP contribution in [0.2, 0.25) is 0 Å². The number of benzene rings is 3. The number of halogens is 3. The van der Waals surface area contributed by atoms with Crippen LogP contribution >= 0.6 is 61.1 Å². The molecule has 0 aliphatic carbocycles. The summed E-state index contributed by atoms with van der Waals surface area (Å²) in [6.45, 7) is 0.437. The zero-order valence-electron chi connectivity index (χ0n) is 15.9. The van der Waals surface area contributed by atoms with Crippen LogP contribution in [0.25, 0.3) is 6.08 Å². The Morgan fingerprint density at radius 1 is 1.10 bits per heavy atom. The van der Waals surface area contributed by atoms with Gasteiger partial charge in [-0.2, -0.15) is 5.26 Å². The number of hydrogen-bond donors (Lipinski definition) is 2. The van der Waals surface area contributed by atoms with Gasteiger partial charge in [0, 0.05) is 10.2 Å². The Morgan fingerprint density at radius 3 is 2.29 bits per heavy atom. The topological polar surface area (TPSA) is 82.3 Å². The van der Waals surface area contributed by atoms with Crippen molar-refractivity contribution >= 4 is 78.8 Å². The largest absolute Gasteiger partial charge is 0.508 e. The highest BCUT2D eigenvalue weighted by Crippen LogP contribution is 2.30. The standard InChI is InChI=1S/C23H15BrI2N2O3/c24-17-3-1-14(2-4-17)13-31-22-20(25)10-15(11-21(22)26)9-16(12-27)23(30)28-18-5-7-19(29)8-6-18/h1-11,29H,13H2,(H,28,30)/b16-9+. The van der Waals surface area contributed by atoms with Crippen LogP contribution in [0.15, 0.2) is 70.7 Å². The Labute approximate surface area is 215 Å². The monoisotopic (exact) mass is 700 g/mol. The number of anilines is 1. The summed E-state index contributed by atoms with van der Waals surface area (Å²) in [6.07, 6.45) is 1.54. The smallest absolute Gasteiger partial charge is 0.266 e. The van der Waals surface area contributed by atoms with E-state index < -0.39 is 5.91 Å². The summed E-state index contributed by atoms with van der Waals surface area (Å²) in [6, 6.07) is 19.6. The van der Waals surface area contributed by atoms with Gasteiger partial charge in [0.1, 0.15) is 29.7 Å². The van der Waals surface area contributed by atoms with Gasteiger partial charge >= 0.3 is 0 Å². The average molecular weight is 701 g/mol. The predicted octanol–water partition coefficient (Wildman–Crippen LogP) is 6.49. The second-order valence-corrected chi connectivity index (χ2v) is 9.64. The molecule has 0 fully saturated rings. The molecule has 2 N–H and O–H groups in total. The maximum Gasteiger partial charge on any atom is 0.266 e. The van der Waals surface area contributed by atoms with Crippen LogP contribution in [-0.4, -0.2) is 11.0 Å². The van der Waals surface area contributed by atoms with Crippen LogP contribution in [0.5, 0.6) is 11.5 Å². The molecule has 0 aromatic heterocycles. The lowest BCUT2D eigenvalue weighted by Gasteiger charge is -2.12. The van der Waals surface area contributed by atoms with E-state index in [0.29, 0.717) is 12.3 Å². The number of hydrogen-bond acceptors (Lipinski definition) is 4. The van der Waals surface area contributed by atoms with Crippen molar-refractivity contribution in [2.45, 2.75) is 6.61 Å². The minimum atomic E-state index is -0.520. The fourth-order valence-electron chi connectivity index (χ4n) is 2.60. The molecule has 0 atom stereocenters. The normalized spacial score (nSPS) is 11.0. The fourth-order valence-corrected chi connectivity index (χ4v) is 4.99. The van der Waals surface area contributed by atoms with Gasteiger partial charge in [0.25, 0.3) is 5.91 Å². The van der Waals surface area contributed by atoms with E-state index in [1.807, 2.05) is 42.5 Å². The van der Waals surface area contributed by atoms with Gasteiger partial charge in [-0.05, 0) is 111 Å². The number of aromatic hydroxyl groups is 1. The molecule has 0 aliphatic heterocycles. The zero-order chi connectivity index (χ0) is 22.4. The minimum absolute atomic E-state index is 0.0248. The van der Waals surface area contributed by atoms with Crippen molar-refractivity contribution in [3.8, 4) is 17.6 Å². The minimum Gasteiger partial charge on any atom is -0.508 e. The first kappa shape index (κ1) is 23.6. The molecule has 0 aliphatic rings. The Kier molecular flexibility index (Phi) is 8.34. The number of ether oxygens (including phenoxy) is 1. The third kappa shape index (κ3) is 6.69. The number of carbonyl (C=O) groups is 1. The van der Waals surface area contributed by atoms with E-state index in [9.17, 15) is 15.2 Å². The lowest BCUT2D eigenvalue weighted by atomic mass is 10.1. The van der Waals surface area contributed by atoms with E-state index >= 15 is 0 Å². The first-order valence-electron chi connectivity index (χ1n) is 8.94. The highest BCUT2D eigenvalue weighted by Gasteiger charge is 2.13. The molecule has 0 spiro atoms. The van der Waals surface area contributed by atoms with Gasteiger partial charge in [0.2, 0.25) is 0 Å². The molecule has 0 unspecified atom stereocenters. The van der Waals surface area contributed by atoms with Crippen LogP contribution in [0, 0.1) is 18.5 Å². The SMILES string of the molecule is N#C/C(=C\c1cc(I)c(OCc2ccc(Br)cc2)c(I)c1)C(=O)Nc1ccc(O)cc1. The zero-order valence-corrected chi connectivity index (χ0v) is 21.8. The van der Waals surface area contributed by atoms with Gasteiger partial charge in [0.15, 0.2) is 0 Å². The molecule has 3 aromatic carbocycles. The van der Waals surface area contributed by atoms with E-state index in [0.717, 1.165) is 28.5 Å². The lowest BCUT2D eigenvalue weighted by Crippen LogP contribution is -2.13. The summed E-state index contributed by atoms with van der Waals surface area (Å²) < 4.78 is 8.77. The Balaban J connectivity index is 1.76. The number of phenols is 1. The number of phenolic OH excluding ortho intramolecular Hbond substituents is 1. The van der Waals surface area contributed by atoms with Gasteiger partial charge < -0.3 is 15.2 Å². The van der Waals surface area contributed by atoms with Crippen molar-refractivity contribution in [2.24, 2.45) is 0 Å². The Hall–Kier alpha value is -2.10. The molecule has 31 heavy (non-hydrogen) atoms. The Morgan fingerprint density at radius 2 is 1.71 bits per heavy atom. The molecule has 8 heteroatoms. The van der Waals surface area contributed by atoms with Crippen LogP contribution in [-0.2, 0) is 11.4 Å². The predicted molar refractivity (Wildman–Crippen MR) is 141 cm³/mol.